The number of rotatable bonds is 2. The van der Waals surface area contributed by atoms with Gasteiger partial charge in [0.05, 0.1) is 6.04 Å². The van der Waals surface area contributed by atoms with Crippen molar-refractivity contribution >= 4 is 17.2 Å². The van der Waals surface area contributed by atoms with Gasteiger partial charge in [0.1, 0.15) is 0 Å². The molecule has 1 aliphatic heterocycles. The lowest BCUT2D eigenvalue weighted by Gasteiger charge is -2.19. The zero-order valence-corrected chi connectivity index (χ0v) is 10.7. The predicted molar refractivity (Wildman–Crippen MR) is 72.8 cm³/mol. The molecule has 0 aliphatic carbocycles. The maximum absolute atomic E-state index is 11.8. The minimum absolute atomic E-state index is 0.0106. The topological polar surface area (TPSA) is 55.1 Å². The van der Waals surface area contributed by atoms with E-state index in [0.29, 0.717) is 0 Å². The van der Waals surface area contributed by atoms with Gasteiger partial charge in [-0.2, -0.15) is 0 Å². The number of carbonyl (C=O) groups excluding carboxylic acids is 1. The van der Waals surface area contributed by atoms with Gasteiger partial charge in [0.2, 0.25) is 0 Å². The van der Waals surface area contributed by atoms with E-state index in [1.165, 1.54) is 0 Å². The van der Waals surface area contributed by atoms with Crippen LogP contribution >= 0.6 is 11.3 Å². The third kappa shape index (κ3) is 1.94. The van der Waals surface area contributed by atoms with Gasteiger partial charge in [-0.25, -0.2) is 0 Å². The Labute approximate surface area is 110 Å². The number of nitrogens with two attached hydrogens (primary N) is 1. The van der Waals surface area contributed by atoms with Crippen molar-refractivity contribution in [1.82, 2.24) is 5.32 Å². The number of nitrogens with one attached hydrogen (secondary N) is 1. The molecule has 3 nitrogen and oxygen atoms in total. The second-order valence-electron chi connectivity index (χ2n) is 4.42. The zero-order valence-electron chi connectivity index (χ0n) is 9.85. The number of benzene rings is 1. The molecule has 1 aromatic carbocycles. The van der Waals surface area contributed by atoms with E-state index in [4.69, 9.17) is 5.73 Å². The van der Waals surface area contributed by atoms with E-state index in [9.17, 15) is 4.79 Å². The number of thiophene rings is 1. The Bertz CT molecular complexity index is 577. The van der Waals surface area contributed by atoms with Crippen LogP contribution < -0.4 is 11.1 Å². The molecule has 92 valence electrons. The third-order valence-electron chi connectivity index (χ3n) is 3.27. The normalized spacial score (nSPS) is 15.9. The number of carbonyl (C=O) groups is 1. The van der Waals surface area contributed by atoms with Crippen LogP contribution in [0.4, 0.5) is 0 Å². The second-order valence-corrected chi connectivity index (χ2v) is 5.39. The fraction of sp³-hybridized carbons (Fsp3) is 0.214. The molecular weight excluding hydrogens is 244 g/mol. The minimum Gasteiger partial charge on any atom is -0.352 e. The van der Waals surface area contributed by atoms with Crippen LogP contribution in [-0.2, 0) is 6.42 Å². The van der Waals surface area contributed by atoms with Crippen molar-refractivity contribution in [3.05, 3.63) is 57.3 Å². The summed E-state index contributed by atoms with van der Waals surface area (Å²) in [4.78, 5) is 12.9. The highest BCUT2D eigenvalue weighted by molar-refractivity contribution is 7.10. The van der Waals surface area contributed by atoms with Crippen molar-refractivity contribution in [2.45, 2.75) is 12.5 Å². The van der Waals surface area contributed by atoms with E-state index in [0.717, 1.165) is 34.5 Å². The first kappa shape index (κ1) is 11.4. The van der Waals surface area contributed by atoms with Crippen LogP contribution in [0.2, 0.25) is 0 Å². The van der Waals surface area contributed by atoms with Crippen LogP contribution in [0.15, 0.2) is 35.7 Å². The van der Waals surface area contributed by atoms with Crippen LogP contribution in [-0.4, -0.2) is 12.5 Å². The standard InChI is InChI=1S/C14H14N2OS/c15-13(12-2-1-7-18-12)10-4-3-9-5-6-16-14(17)11(9)8-10/h1-4,7-8,13H,5-6,15H2,(H,16,17). The fourth-order valence-electron chi connectivity index (χ4n) is 2.26. The maximum atomic E-state index is 11.8. The molecule has 1 atom stereocenters. The Morgan fingerprint density at radius 2 is 2.22 bits per heavy atom. The fourth-order valence-corrected chi connectivity index (χ4v) is 3.01. The zero-order chi connectivity index (χ0) is 12.5. The van der Waals surface area contributed by atoms with Crippen LogP contribution in [0.25, 0.3) is 0 Å². The molecule has 0 spiro atoms. The molecular formula is C14H14N2OS. The molecule has 0 bridgehead atoms. The highest BCUT2D eigenvalue weighted by Crippen LogP contribution is 2.26. The van der Waals surface area contributed by atoms with Crippen molar-refractivity contribution in [3.8, 4) is 0 Å². The van der Waals surface area contributed by atoms with E-state index in [2.05, 4.69) is 5.32 Å². The molecule has 2 heterocycles. The first-order chi connectivity index (χ1) is 8.75. The van der Waals surface area contributed by atoms with Crippen LogP contribution in [0.3, 0.4) is 0 Å². The Kier molecular flexibility index (Phi) is 2.89. The van der Waals surface area contributed by atoms with E-state index in [1.807, 2.05) is 35.7 Å². The van der Waals surface area contributed by atoms with E-state index in [1.54, 1.807) is 11.3 Å². The number of amides is 1. The summed E-state index contributed by atoms with van der Waals surface area (Å²) in [6.45, 7) is 0.724. The van der Waals surface area contributed by atoms with E-state index < -0.39 is 0 Å². The molecule has 1 aliphatic rings. The smallest absolute Gasteiger partial charge is 0.251 e. The summed E-state index contributed by atoms with van der Waals surface area (Å²) in [5.74, 6) is 0.0106. The number of fused-ring (bicyclic) bond motifs is 1. The van der Waals surface area contributed by atoms with Crippen LogP contribution in [0.1, 0.15) is 32.4 Å². The molecule has 2 aromatic rings. The van der Waals surface area contributed by atoms with Crippen LogP contribution in [0.5, 0.6) is 0 Å². The minimum atomic E-state index is -0.148. The molecule has 1 aromatic heterocycles. The average molecular weight is 258 g/mol. The van der Waals surface area contributed by atoms with Crippen molar-refractivity contribution in [2.75, 3.05) is 6.54 Å². The molecule has 0 fully saturated rings. The molecule has 0 saturated heterocycles. The summed E-state index contributed by atoms with van der Waals surface area (Å²) >= 11 is 1.64. The highest BCUT2D eigenvalue weighted by Gasteiger charge is 2.19. The van der Waals surface area contributed by atoms with E-state index in [-0.39, 0.29) is 11.9 Å². The first-order valence-corrected chi connectivity index (χ1v) is 6.83. The molecule has 1 unspecified atom stereocenters. The average Bonchev–Trinajstić information content (AvgIpc) is 2.92. The summed E-state index contributed by atoms with van der Waals surface area (Å²) < 4.78 is 0. The van der Waals surface area contributed by atoms with Crippen molar-refractivity contribution in [3.63, 3.8) is 0 Å². The van der Waals surface area contributed by atoms with Gasteiger partial charge in [-0.1, -0.05) is 18.2 Å². The lowest BCUT2D eigenvalue weighted by Crippen LogP contribution is -2.32. The molecule has 0 radical (unpaired) electrons. The summed E-state index contributed by atoms with van der Waals surface area (Å²) in [6.07, 6.45) is 0.898. The second kappa shape index (κ2) is 4.55. The number of hydrogen-bond acceptors (Lipinski definition) is 3. The van der Waals surface area contributed by atoms with Crippen molar-refractivity contribution in [1.29, 1.82) is 0 Å². The van der Waals surface area contributed by atoms with Gasteiger partial charge in [0, 0.05) is 17.0 Å². The Morgan fingerprint density at radius 3 is 3.00 bits per heavy atom. The third-order valence-corrected chi connectivity index (χ3v) is 4.22. The highest BCUT2D eigenvalue weighted by atomic mass is 32.1. The monoisotopic (exact) mass is 258 g/mol. The summed E-state index contributed by atoms with van der Waals surface area (Å²) in [6, 6.07) is 9.84. The SMILES string of the molecule is NC(c1ccc2c(c1)C(=O)NCC2)c1cccs1. The van der Waals surface area contributed by atoms with Gasteiger partial charge in [-0.15, -0.1) is 11.3 Å². The Morgan fingerprint density at radius 1 is 1.33 bits per heavy atom. The molecule has 1 amide bonds. The van der Waals surface area contributed by atoms with Gasteiger partial charge >= 0.3 is 0 Å². The van der Waals surface area contributed by atoms with Gasteiger partial charge in [-0.3, -0.25) is 4.79 Å². The van der Waals surface area contributed by atoms with Gasteiger partial charge in [-0.05, 0) is 35.1 Å². The molecule has 3 rings (SSSR count). The van der Waals surface area contributed by atoms with E-state index >= 15 is 0 Å². The Balaban J connectivity index is 1.99. The van der Waals surface area contributed by atoms with Gasteiger partial charge in [0.25, 0.3) is 5.91 Å². The quantitative estimate of drug-likeness (QED) is 0.866. The molecule has 18 heavy (non-hydrogen) atoms. The van der Waals surface area contributed by atoms with Gasteiger partial charge in [0.15, 0.2) is 0 Å². The summed E-state index contributed by atoms with van der Waals surface area (Å²) in [7, 11) is 0. The van der Waals surface area contributed by atoms with Crippen LogP contribution in [0, 0.1) is 0 Å². The first-order valence-electron chi connectivity index (χ1n) is 5.96. The van der Waals surface area contributed by atoms with Crippen molar-refractivity contribution < 1.29 is 4.79 Å². The summed E-state index contributed by atoms with van der Waals surface area (Å²) in [5.41, 5.74) is 9.09. The molecule has 0 saturated carbocycles. The molecule has 3 N–H and O–H groups in total. The lowest BCUT2D eigenvalue weighted by molar-refractivity contribution is 0.0946. The maximum Gasteiger partial charge on any atom is 0.251 e. The molecule has 4 heteroatoms. The Hall–Kier alpha value is -1.65. The predicted octanol–water partition coefficient (Wildman–Crippen LogP) is 2.08. The van der Waals surface area contributed by atoms with Gasteiger partial charge < -0.3 is 11.1 Å². The number of hydrogen-bond donors (Lipinski definition) is 2. The van der Waals surface area contributed by atoms with Crippen molar-refractivity contribution in [2.24, 2.45) is 5.73 Å². The largest absolute Gasteiger partial charge is 0.352 e. The summed E-state index contributed by atoms with van der Waals surface area (Å²) in [5, 5.41) is 4.88. The lowest BCUT2D eigenvalue weighted by atomic mass is 9.95.